The maximum Gasteiger partial charge on any atom is 0.338 e. The Labute approximate surface area is 167 Å². The number of carbonyl (C=O) groups excluding carboxylic acids is 2. The van der Waals surface area contributed by atoms with Gasteiger partial charge in [-0.3, -0.25) is 4.79 Å². The topological polar surface area (TPSA) is 64.6 Å². The summed E-state index contributed by atoms with van der Waals surface area (Å²) in [6.45, 7) is 12.0. The molecule has 0 unspecified atom stereocenters. The minimum absolute atomic E-state index is 0.0585. The van der Waals surface area contributed by atoms with Crippen molar-refractivity contribution in [1.82, 2.24) is 0 Å². The third kappa shape index (κ3) is 5.35. The summed E-state index contributed by atoms with van der Waals surface area (Å²) in [5.74, 6) is -0.0593. The number of anilines is 1. The van der Waals surface area contributed by atoms with Gasteiger partial charge >= 0.3 is 5.97 Å². The second-order valence-electron chi connectivity index (χ2n) is 7.72. The number of amides is 1. The first kappa shape index (κ1) is 21.5. The van der Waals surface area contributed by atoms with Crippen LogP contribution in [0.25, 0.3) is 0 Å². The zero-order chi connectivity index (χ0) is 20.9. The van der Waals surface area contributed by atoms with Gasteiger partial charge in [0.25, 0.3) is 5.91 Å². The van der Waals surface area contributed by atoms with Crippen molar-refractivity contribution in [3.8, 4) is 5.75 Å². The van der Waals surface area contributed by atoms with Crippen molar-refractivity contribution in [2.24, 2.45) is 0 Å². The fourth-order valence-corrected chi connectivity index (χ4v) is 2.73. The van der Waals surface area contributed by atoms with Crippen LogP contribution >= 0.6 is 0 Å². The summed E-state index contributed by atoms with van der Waals surface area (Å²) in [5, 5.41) is 2.83. The van der Waals surface area contributed by atoms with Gasteiger partial charge in [0.05, 0.1) is 12.2 Å². The van der Waals surface area contributed by atoms with Gasteiger partial charge in [-0.15, -0.1) is 0 Å². The normalized spacial score (nSPS) is 12.2. The number of benzene rings is 2. The number of hydrogen-bond donors (Lipinski definition) is 1. The van der Waals surface area contributed by atoms with Gasteiger partial charge < -0.3 is 14.8 Å². The molecule has 1 amide bonds. The van der Waals surface area contributed by atoms with Crippen LogP contribution in [0, 0.1) is 6.92 Å². The first-order valence-corrected chi connectivity index (χ1v) is 9.48. The number of ether oxygens (including phenoxy) is 2. The zero-order valence-corrected chi connectivity index (χ0v) is 17.5. The average Bonchev–Trinajstić information content (AvgIpc) is 2.63. The Bertz CT molecular complexity index is 835. The van der Waals surface area contributed by atoms with E-state index in [0.29, 0.717) is 29.2 Å². The number of esters is 1. The Morgan fingerprint density at radius 2 is 1.71 bits per heavy atom. The molecule has 2 aromatic rings. The van der Waals surface area contributed by atoms with Crippen LogP contribution in [0.1, 0.15) is 56.1 Å². The van der Waals surface area contributed by atoms with E-state index in [-0.39, 0.29) is 11.3 Å². The molecule has 0 radical (unpaired) electrons. The summed E-state index contributed by atoms with van der Waals surface area (Å²) < 4.78 is 10.8. The van der Waals surface area contributed by atoms with E-state index >= 15 is 0 Å². The quantitative estimate of drug-likeness (QED) is 0.723. The third-order valence-corrected chi connectivity index (χ3v) is 4.49. The van der Waals surface area contributed by atoms with Crippen molar-refractivity contribution in [3.63, 3.8) is 0 Å². The number of nitrogens with one attached hydrogen (secondary N) is 1. The zero-order valence-electron chi connectivity index (χ0n) is 17.5. The van der Waals surface area contributed by atoms with E-state index in [9.17, 15) is 9.59 Å². The summed E-state index contributed by atoms with van der Waals surface area (Å²) in [6, 6.07) is 12.9. The first-order chi connectivity index (χ1) is 13.1. The molecular formula is C23H29NO4. The van der Waals surface area contributed by atoms with Crippen LogP contribution in [0.5, 0.6) is 5.75 Å². The Hall–Kier alpha value is -2.82. The number of carbonyl (C=O) groups is 2. The highest BCUT2D eigenvalue weighted by Gasteiger charge is 2.19. The molecular weight excluding hydrogens is 354 g/mol. The van der Waals surface area contributed by atoms with Gasteiger partial charge in [-0.2, -0.15) is 0 Å². The second kappa shape index (κ2) is 8.91. The standard InChI is InChI=1S/C23H29NO4/c1-7-27-22(26)19-9-8-10-20(15(19)2)24-21(25)16(3)28-18-13-11-17(12-14-18)23(4,5)6/h8-14,16H,7H2,1-6H3,(H,24,25)/t16-/m1/s1. The molecule has 1 N–H and O–H groups in total. The van der Waals surface area contributed by atoms with Gasteiger partial charge in [-0.05, 0) is 61.6 Å². The van der Waals surface area contributed by atoms with E-state index in [1.807, 2.05) is 24.3 Å². The summed E-state index contributed by atoms with van der Waals surface area (Å²) in [5.41, 5.74) is 2.92. The molecule has 0 fully saturated rings. The monoisotopic (exact) mass is 383 g/mol. The molecule has 0 saturated heterocycles. The lowest BCUT2D eigenvalue weighted by atomic mass is 9.87. The Morgan fingerprint density at radius 3 is 2.29 bits per heavy atom. The maximum absolute atomic E-state index is 12.5. The van der Waals surface area contributed by atoms with Crippen molar-refractivity contribution < 1.29 is 19.1 Å². The highest BCUT2D eigenvalue weighted by Crippen LogP contribution is 2.25. The SMILES string of the molecule is CCOC(=O)c1cccc(NC(=O)[C@@H](C)Oc2ccc(C(C)(C)C)cc2)c1C. The van der Waals surface area contributed by atoms with Crippen molar-refractivity contribution >= 4 is 17.6 Å². The van der Waals surface area contributed by atoms with Crippen molar-refractivity contribution in [2.75, 3.05) is 11.9 Å². The molecule has 5 nitrogen and oxygen atoms in total. The predicted octanol–water partition coefficient (Wildman–Crippen LogP) is 4.88. The molecule has 0 saturated carbocycles. The van der Waals surface area contributed by atoms with Crippen LogP contribution in [-0.2, 0) is 14.9 Å². The molecule has 150 valence electrons. The minimum Gasteiger partial charge on any atom is -0.481 e. The lowest BCUT2D eigenvalue weighted by molar-refractivity contribution is -0.122. The molecule has 28 heavy (non-hydrogen) atoms. The molecule has 2 aromatic carbocycles. The molecule has 0 aliphatic carbocycles. The fraction of sp³-hybridized carbons (Fsp3) is 0.391. The Morgan fingerprint density at radius 1 is 1.07 bits per heavy atom. The Kier molecular flexibility index (Phi) is 6.84. The summed E-state index contributed by atoms with van der Waals surface area (Å²) >= 11 is 0. The highest BCUT2D eigenvalue weighted by atomic mass is 16.5. The molecule has 0 aliphatic rings. The maximum atomic E-state index is 12.5. The molecule has 0 spiro atoms. The van der Waals surface area contributed by atoms with Crippen molar-refractivity contribution in [1.29, 1.82) is 0 Å². The smallest absolute Gasteiger partial charge is 0.338 e. The van der Waals surface area contributed by atoms with Crippen molar-refractivity contribution in [2.45, 2.75) is 53.1 Å². The van der Waals surface area contributed by atoms with Crippen LogP contribution in [-0.4, -0.2) is 24.6 Å². The molecule has 5 heteroatoms. The van der Waals surface area contributed by atoms with E-state index < -0.39 is 12.1 Å². The van der Waals surface area contributed by atoms with Crippen molar-refractivity contribution in [3.05, 3.63) is 59.2 Å². The van der Waals surface area contributed by atoms with Crippen LogP contribution in [0.4, 0.5) is 5.69 Å². The number of rotatable bonds is 6. The molecule has 0 aromatic heterocycles. The van der Waals surface area contributed by atoms with E-state index in [1.165, 1.54) is 5.56 Å². The number of hydrogen-bond acceptors (Lipinski definition) is 4. The summed E-state index contributed by atoms with van der Waals surface area (Å²) in [4.78, 5) is 24.6. The molecule has 2 rings (SSSR count). The Balaban J connectivity index is 2.06. The average molecular weight is 383 g/mol. The fourth-order valence-electron chi connectivity index (χ4n) is 2.73. The lowest BCUT2D eigenvalue weighted by Gasteiger charge is -2.20. The largest absolute Gasteiger partial charge is 0.481 e. The first-order valence-electron chi connectivity index (χ1n) is 9.48. The molecule has 0 heterocycles. The summed E-state index contributed by atoms with van der Waals surface area (Å²) in [6.07, 6.45) is -0.689. The molecule has 1 atom stereocenters. The lowest BCUT2D eigenvalue weighted by Crippen LogP contribution is -2.30. The molecule has 0 bridgehead atoms. The van der Waals surface area contributed by atoms with Gasteiger partial charge in [0.1, 0.15) is 5.75 Å². The van der Waals surface area contributed by atoms with E-state index in [2.05, 4.69) is 26.1 Å². The van der Waals surface area contributed by atoms with Crippen LogP contribution in [0.15, 0.2) is 42.5 Å². The van der Waals surface area contributed by atoms with Gasteiger partial charge in [-0.1, -0.05) is 39.0 Å². The van der Waals surface area contributed by atoms with E-state index in [4.69, 9.17) is 9.47 Å². The van der Waals surface area contributed by atoms with Gasteiger partial charge in [-0.25, -0.2) is 4.79 Å². The van der Waals surface area contributed by atoms with Gasteiger partial charge in [0.2, 0.25) is 0 Å². The van der Waals surface area contributed by atoms with Crippen LogP contribution < -0.4 is 10.1 Å². The second-order valence-corrected chi connectivity index (χ2v) is 7.72. The molecule has 0 aliphatic heterocycles. The van der Waals surface area contributed by atoms with Gasteiger partial charge in [0, 0.05) is 5.69 Å². The van der Waals surface area contributed by atoms with Crippen LogP contribution in [0.3, 0.4) is 0 Å². The van der Waals surface area contributed by atoms with E-state index in [0.717, 1.165) is 0 Å². The summed E-state index contributed by atoms with van der Waals surface area (Å²) in [7, 11) is 0. The predicted molar refractivity (Wildman–Crippen MR) is 111 cm³/mol. The van der Waals surface area contributed by atoms with Gasteiger partial charge in [0.15, 0.2) is 6.10 Å². The highest BCUT2D eigenvalue weighted by molar-refractivity contribution is 5.98. The van der Waals surface area contributed by atoms with E-state index in [1.54, 1.807) is 39.0 Å². The van der Waals surface area contributed by atoms with Crippen LogP contribution in [0.2, 0.25) is 0 Å². The minimum atomic E-state index is -0.689. The third-order valence-electron chi connectivity index (χ3n) is 4.49.